The molecule has 1 aromatic heterocycles. The number of halogens is 1. The van der Waals surface area contributed by atoms with Crippen LogP contribution >= 0.6 is 23.8 Å². The van der Waals surface area contributed by atoms with E-state index in [0.717, 1.165) is 55.6 Å². The van der Waals surface area contributed by atoms with Gasteiger partial charge in [0.2, 0.25) is 0 Å². The van der Waals surface area contributed by atoms with Gasteiger partial charge in [-0.1, -0.05) is 44.5 Å². The van der Waals surface area contributed by atoms with Crippen molar-refractivity contribution in [2.45, 2.75) is 40.2 Å². The molecule has 0 spiro atoms. The third-order valence-corrected chi connectivity index (χ3v) is 6.51. The SMILES string of the molecule is CCc1ccc2[nH]c(=O)c(CN(CCCN(CC)CC)C(=S)Nc3cccc(Cl)c3)cc2c1. The van der Waals surface area contributed by atoms with Crippen molar-refractivity contribution in [1.82, 2.24) is 14.8 Å². The van der Waals surface area contributed by atoms with Gasteiger partial charge in [0.15, 0.2) is 5.11 Å². The summed E-state index contributed by atoms with van der Waals surface area (Å²) >= 11 is 11.9. The highest BCUT2D eigenvalue weighted by molar-refractivity contribution is 7.80. The predicted octanol–water partition coefficient (Wildman–Crippen LogP) is 5.67. The Kier molecular flexibility index (Phi) is 9.30. The van der Waals surface area contributed by atoms with E-state index in [-0.39, 0.29) is 5.56 Å². The van der Waals surface area contributed by atoms with Gasteiger partial charge in [-0.05, 0) is 92.0 Å². The molecule has 2 aromatic carbocycles. The van der Waals surface area contributed by atoms with E-state index in [0.29, 0.717) is 22.2 Å². The summed E-state index contributed by atoms with van der Waals surface area (Å²) in [4.78, 5) is 20.3. The molecule has 0 saturated heterocycles. The highest BCUT2D eigenvalue weighted by atomic mass is 35.5. The Hall–Kier alpha value is -2.41. The minimum Gasteiger partial charge on any atom is -0.344 e. The molecule has 0 aliphatic carbocycles. The molecule has 0 atom stereocenters. The maximum atomic E-state index is 12.9. The van der Waals surface area contributed by atoms with E-state index in [1.54, 1.807) is 0 Å². The van der Waals surface area contributed by atoms with E-state index in [1.165, 1.54) is 5.56 Å². The summed E-state index contributed by atoms with van der Waals surface area (Å²) in [6.07, 6.45) is 1.90. The second kappa shape index (κ2) is 12.2. The topological polar surface area (TPSA) is 51.4 Å². The number of aromatic nitrogens is 1. The fourth-order valence-electron chi connectivity index (χ4n) is 3.89. The minimum atomic E-state index is -0.0777. The second-order valence-electron chi connectivity index (χ2n) is 8.14. The first-order chi connectivity index (χ1) is 15.9. The third kappa shape index (κ3) is 7.03. The van der Waals surface area contributed by atoms with Crippen LogP contribution in [0.15, 0.2) is 53.3 Å². The zero-order valence-electron chi connectivity index (χ0n) is 19.7. The second-order valence-corrected chi connectivity index (χ2v) is 8.96. The van der Waals surface area contributed by atoms with Crippen molar-refractivity contribution >= 4 is 45.5 Å². The van der Waals surface area contributed by atoms with Gasteiger partial charge in [0.1, 0.15) is 0 Å². The van der Waals surface area contributed by atoms with Crippen LogP contribution in [0.2, 0.25) is 5.02 Å². The highest BCUT2D eigenvalue weighted by Crippen LogP contribution is 2.18. The maximum absolute atomic E-state index is 12.9. The summed E-state index contributed by atoms with van der Waals surface area (Å²) < 4.78 is 0. The predicted molar refractivity (Wildman–Crippen MR) is 144 cm³/mol. The molecule has 3 rings (SSSR count). The smallest absolute Gasteiger partial charge is 0.253 e. The Morgan fingerprint density at radius 3 is 2.55 bits per heavy atom. The van der Waals surface area contributed by atoms with E-state index < -0.39 is 0 Å². The summed E-state index contributed by atoms with van der Waals surface area (Å²) in [6, 6.07) is 15.7. The quantitative estimate of drug-likeness (QED) is 0.363. The Bertz CT molecular complexity index is 1140. The molecule has 0 radical (unpaired) electrons. The standard InChI is InChI=1S/C26H33ClN4OS/c1-4-19-11-12-24-20(15-19)16-21(25(32)29-24)18-31(14-8-13-30(5-2)6-3)26(33)28-23-10-7-9-22(27)17-23/h7,9-12,15-17H,4-6,8,13-14,18H2,1-3H3,(H,28,33)(H,29,32). The van der Waals surface area contributed by atoms with E-state index in [2.05, 4.69) is 53.0 Å². The number of nitrogens with one attached hydrogen (secondary N) is 2. The number of hydrogen-bond acceptors (Lipinski definition) is 3. The summed E-state index contributed by atoms with van der Waals surface area (Å²) in [5.74, 6) is 0. The number of nitrogens with zero attached hydrogens (tertiary/aromatic N) is 2. The van der Waals surface area contributed by atoms with Crippen molar-refractivity contribution in [1.29, 1.82) is 0 Å². The molecule has 0 saturated carbocycles. The molecule has 0 unspecified atom stereocenters. The molecule has 33 heavy (non-hydrogen) atoms. The Balaban J connectivity index is 1.83. The van der Waals surface area contributed by atoms with Crippen LogP contribution in [0.25, 0.3) is 10.9 Å². The lowest BCUT2D eigenvalue weighted by Gasteiger charge is -2.27. The van der Waals surface area contributed by atoms with Crippen LogP contribution in [0.3, 0.4) is 0 Å². The summed E-state index contributed by atoms with van der Waals surface area (Å²) in [6.45, 7) is 10.7. The first kappa shape index (κ1) is 25.2. The zero-order valence-corrected chi connectivity index (χ0v) is 21.2. The maximum Gasteiger partial charge on any atom is 0.253 e. The van der Waals surface area contributed by atoms with Gasteiger partial charge in [-0.15, -0.1) is 0 Å². The van der Waals surface area contributed by atoms with Gasteiger partial charge in [-0.3, -0.25) is 4.79 Å². The minimum absolute atomic E-state index is 0.0777. The lowest BCUT2D eigenvalue weighted by Crippen LogP contribution is -2.38. The highest BCUT2D eigenvalue weighted by Gasteiger charge is 2.14. The third-order valence-electron chi connectivity index (χ3n) is 5.91. The van der Waals surface area contributed by atoms with E-state index in [1.807, 2.05) is 36.4 Å². The molecular weight excluding hydrogens is 452 g/mol. The van der Waals surface area contributed by atoms with Crippen LogP contribution in [0.4, 0.5) is 5.69 Å². The lowest BCUT2D eigenvalue weighted by atomic mass is 10.1. The van der Waals surface area contributed by atoms with Gasteiger partial charge in [-0.25, -0.2) is 0 Å². The molecule has 7 heteroatoms. The average molecular weight is 485 g/mol. The number of hydrogen-bond donors (Lipinski definition) is 2. The number of anilines is 1. The number of H-pyrrole nitrogens is 1. The number of thiocarbonyl (C=S) groups is 1. The molecule has 5 nitrogen and oxygen atoms in total. The fraction of sp³-hybridized carbons (Fsp3) is 0.385. The van der Waals surface area contributed by atoms with E-state index in [9.17, 15) is 4.79 Å². The van der Waals surface area contributed by atoms with Crippen LogP contribution in [0, 0.1) is 0 Å². The van der Waals surface area contributed by atoms with Gasteiger partial charge in [0.05, 0.1) is 6.54 Å². The van der Waals surface area contributed by atoms with Crippen LogP contribution in [-0.2, 0) is 13.0 Å². The molecular formula is C26H33ClN4OS. The van der Waals surface area contributed by atoms with E-state index >= 15 is 0 Å². The molecule has 2 N–H and O–H groups in total. The number of aryl methyl sites for hydroxylation is 1. The Morgan fingerprint density at radius 2 is 1.85 bits per heavy atom. The van der Waals surface area contributed by atoms with Crippen molar-refractivity contribution in [3.8, 4) is 0 Å². The average Bonchev–Trinajstić information content (AvgIpc) is 2.81. The van der Waals surface area contributed by atoms with Crippen LogP contribution in [0.1, 0.15) is 38.3 Å². The molecule has 0 aliphatic heterocycles. The van der Waals surface area contributed by atoms with Crippen molar-refractivity contribution < 1.29 is 0 Å². The normalized spacial score (nSPS) is 11.2. The summed E-state index contributed by atoms with van der Waals surface area (Å²) in [7, 11) is 0. The van der Waals surface area contributed by atoms with Crippen LogP contribution in [-0.4, -0.2) is 46.1 Å². The van der Waals surface area contributed by atoms with Crippen molar-refractivity contribution in [3.63, 3.8) is 0 Å². The van der Waals surface area contributed by atoms with Crippen LogP contribution < -0.4 is 10.9 Å². The molecule has 0 aliphatic rings. The first-order valence-corrected chi connectivity index (χ1v) is 12.4. The summed E-state index contributed by atoms with van der Waals surface area (Å²) in [5.41, 5.74) is 3.56. The van der Waals surface area contributed by atoms with Gasteiger partial charge < -0.3 is 20.1 Å². The molecule has 176 valence electrons. The van der Waals surface area contributed by atoms with Gasteiger partial charge in [0, 0.05) is 28.3 Å². The lowest BCUT2D eigenvalue weighted by molar-refractivity contribution is 0.281. The number of pyridine rings is 1. The van der Waals surface area contributed by atoms with Gasteiger partial charge >= 0.3 is 0 Å². The fourth-order valence-corrected chi connectivity index (χ4v) is 4.35. The molecule has 0 amide bonds. The van der Waals surface area contributed by atoms with Gasteiger partial charge in [0.25, 0.3) is 5.56 Å². The van der Waals surface area contributed by atoms with Crippen LogP contribution in [0.5, 0.6) is 0 Å². The number of benzene rings is 2. The molecule has 0 fully saturated rings. The number of aromatic amines is 1. The number of fused-ring (bicyclic) bond motifs is 1. The van der Waals surface area contributed by atoms with E-state index in [4.69, 9.17) is 23.8 Å². The first-order valence-electron chi connectivity index (χ1n) is 11.6. The monoisotopic (exact) mass is 484 g/mol. The zero-order chi connectivity index (χ0) is 23.8. The van der Waals surface area contributed by atoms with Gasteiger partial charge in [-0.2, -0.15) is 0 Å². The Morgan fingerprint density at radius 1 is 1.06 bits per heavy atom. The van der Waals surface area contributed by atoms with Crippen molar-refractivity contribution in [3.05, 3.63) is 75.0 Å². The Labute approximate surface area is 206 Å². The molecule has 1 heterocycles. The molecule has 3 aromatic rings. The van der Waals surface area contributed by atoms with Crippen molar-refractivity contribution in [2.75, 3.05) is 31.5 Å². The largest absolute Gasteiger partial charge is 0.344 e. The van der Waals surface area contributed by atoms with Crippen molar-refractivity contribution in [2.24, 2.45) is 0 Å². The number of rotatable bonds is 10. The summed E-state index contributed by atoms with van der Waals surface area (Å²) in [5, 5.41) is 5.56. The molecule has 0 bridgehead atoms.